The molecule has 3 rings (SSSR count). The number of methoxy groups -OCH3 is 1. The molecule has 0 saturated heterocycles. The molecule has 0 amide bonds. The van der Waals surface area contributed by atoms with Crippen LogP contribution in [0, 0.1) is 5.41 Å². The Kier molecular flexibility index (Phi) is 7.71. The fourth-order valence-electron chi connectivity index (χ4n) is 2.90. The molecule has 1 unspecified atom stereocenters. The third-order valence-corrected chi connectivity index (χ3v) is 4.69. The number of rotatable bonds is 9. The maximum atomic E-state index is 13.4. The summed E-state index contributed by atoms with van der Waals surface area (Å²) in [6.45, 7) is 0. The van der Waals surface area contributed by atoms with Crippen molar-refractivity contribution >= 4 is 41.8 Å². The Morgan fingerprint density at radius 3 is 2.62 bits per heavy atom. The van der Waals surface area contributed by atoms with Crippen LogP contribution in [0.1, 0.15) is 11.3 Å². The van der Waals surface area contributed by atoms with Crippen LogP contribution in [-0.2, 0) is 4.79 Å². The van der Waals surface area contributed by atoms with Crippen LogP contribution in [-0.4, -0.2) is 40.3 Å². The summed E-state index contributed by atoms with van der Waals surface area (Å²) in [5.41, 5.74) is 7.96. The largest absolute Gasteiger partial charge is 0.495 e. The zero-order chi connectivity index (χ0) is 22.9. The van der Waals surface area contributed by atoms with Crippen molar-refractivity contribution in [1.82, 2.24) is 9.97 Å². The van der Waals surface area contributed by atoms with Gasteiger partial charge >= 0.3 is 0 Å². The number of anilines is 1. The molecule has 0 saturated carbocycles. The van der Waals surface area contributed by atoms with Gasteiger partial charge in [-0.3, -0.25) is 20.2 Å². The molecule has 32 heavy (non-hydrogen) atoms. The van der Waals surface area contributed by atoms with E-state index in [0.717, 1.165) is 0 Å². The van der Waals surface area contributed by atoms with Gasteiger partial charge in [-0.25, -0.2) is 4.40 Å². The standard InChI is InChI=1S/C23H22N6O2S/c1-31-18-11-17(13-26-14-18)28-22(19(24)12-16-9-5-6-10-27-16)23(30)20(25)21(29-32)15-7-3-2-4-8-15/h2-14,22,25,28,32H,24H2,1H3. The quantitative estimate of drug-likeness (QED) is 0.295. The summed E-state index contributed by atoms with van der Waals surface area (Å²) >= 11 is 3.98. The number of aromatic nitrogens is 2. The second-order valence-corrected chi connectivity index (χ2v) is 6.84. The van der Waals surface area contributed by atoms with E-state index in [-0.39, 0.29) is 17.1 Å². The van der Waals surface area contributed by atoms with E-state index in [4.69, 9.17) is 15.9 Å². The first-order valence-electron chi connectivity index (χ1n) is 9.57. The molecule has 0 spiro atoms. The minimum Gasteiger partial charge on any atom is -0.495 e. The van der Waals surface area contributed by atoms with Crippen molar-refractivity contribution < 1.29 is 9.53 Å². The number of ketones is 1. The molecular formula is C23H22N6O2S. The van der Waals surface area contributed by atoms with E-state index in [1.807, 2.05) is 12.1 Å². The predicted molar refractivity (Wildman–Crippen MR) is 129 cm³/mol. The summed E-state index contributed by atoms with van der Waals surface area (Å²) in [6, 6.07) is 14.9. The van der Waals surface area contributed by atoms with Gasteiger partial charge < -0.3 is 15.8 Å². The lowest BCUT2D eigenvalue weighted by molar-refractivity contribution is -0.112. The fourth-order valence-corrected chi connectivity index (χ4v) is 3.12. The Labute approximate surface area is 191 Å². The molecule has 0 aliphatic heterocycles. The van der Waals surface area contributed by atoms with Gasteiger partial charge in [-0.05, 0) is 31.0 Å². The summed E-state index contributed by atoms with van der Waals surface area (Å²) in [7, 11) is 1.52. The number of nitrogens with two attached hydrogens (primary N) is 1. The number of pyridine rings is 2. The Hall–Kier alpha value is -3.98. The van der Waals surface area contributed by atoms with Crippen molar-refractivity contribution in [3.8, 4) is 5.75 Å². The highest BCUT2D eigenvalue weighted by Gasteiger charge is 2.28. The molecule has 9 heteroatoms. The molecule has 3 aromatic rings. The van der Waals surface area contributed by atoms with E-state index >= 15 is 0 Å². The first kappa shape index (κ1) is 22.7. The van der Waals surface area contributed by atoms with Crippen molar-refractivity contribution in [3.05, 3.63) is 90.1 Å². The molecule has 0 bridgehead atoms. The third-order valence-electron chi connectivity index (χ3n) is 4.49. The van der Waals surface area contributed by atoms with Gasteiger partial charge in [0.1, 0.15) is 23.2 Å². The van der Waals surface area contributed by atoms with Gasteiger partial charge in [0.15, 0.2) is 0 Å². The van der Waals surface area contributed by atoms with Gasteiger partial charge in [0.05, 0.1) is 30.9 Å². The predicted octanol–water partition coefficient (Wildman–Crippen LogP) is 3.19. The lowest BCUT2D eigenvalue weighted by atomic mass is 9.97. The lowest BCUT2D eigenvalue weighted by Gasteiger charge is -2.20. The molecular weight excluding hydrogens is 424 g/mol. The molecule has 8 nitrogen and oxygen atoms in total. The van der Waals surface area contributed by atoms with Crippen LogP contribution in [0.25, 0.3) is 6.08 Å². The highest BCUT2D eigenvalue weighted by Crippen LogP contribution is 2.18. The van der Waals surface area contributed by atoms with Gasteiger partial charge in [-0.2, -0.15) is 0 Å². The van der Waals surface area contributed by atoms with Gasteiger partial charge in [-0.15, -0.1) is 0 Å². The SMILES string of the molecule is COc1cncc(NC(C(=O)C(=N)C(=NS)c2ccccc2)C(N)=Cc2ccccn2)c1. The summed E-state index contributed by atoms with van der Waals surface area (Å²) in [4.78, 5) is 21.7. The van der Waals surface area contributed by atoms with Crippen LogP contribution in [0.4, 0.5) is 5.69 Å². The highest BCUT2D eigenvalue weighted by atomic mass is 32.1. The number of thiol groups is 1. The van der Waals surface area contributed by atoms with Crippen molar-refractivity contribution in [3.63, 3.8) is 0 Å². The molecule has 2 aromatic heterocycles. The van der Waals surface area contributed by atoms with E-state index in [1.54, 1.807) is 54.7 Å². The van der Waals surface area contributed by atoms with Crippen molar-refractivity contribution in [2.24, 2.45) is 10.1 Å². The van der Waals surface area contributed by atoms with Crippen molar-refractivity contribution in [1.29, 1.82) is 5.41 Å². The maximum absolute atomic E-state index is 13.4. The van der Waals surface area contributed by atoms with E-state index in [2.05, 4.69) is 32.5 Å². The highest BCUT2D eigenvalue weighted by molar-refractivity contribution is 7.79. The molecule has 1 atom stereocenters. The molecule has 0 aliphatic rings. The Morgan fingerprint density at radius 1 is 1.22 bits per heavy atom. The first-order chi connectivity index (χ1) is 15.5. The van der Waals surface area contributed by atoms with Crippen LogP contribution >= 0.6 is 12.8 Å². The minimum absolute atomic E-state index is 0.139. The van der Waals surface area contributed by atoms with Crippen LogP contribution in [0.5, 0.6) is 5.75 Å². The second-order valence-electron chi connectivity index (χ2n) is 6.64. The number of nitrogens with zero attached hydrogens (tertiary/aromatic N) is 3. The van der Waals surface area contributed by atoms with Gasteiger partial charge in [0.2, 0.25) is 5.78 Å². The number of hydrogen-bond acceptors (Lipinski definition) is 9. The normalized spacial score (nSPS) is 12.7. The summed E-state index contributed by atoms with van der Waals surface area (Å²) in [6.07, 6.45) is 6.28. The molecule has 0 radical (unpaired) electrons. The zero-order valence-corrected chi connectivity index (χ0v) is 18.2. The molecule has 2 heterocycles. The van der Waals surface area contributed by atoms with E-state index in [1.165, 1.54) is 19.5 Å². The Morgan fingerprint density at radius 2 is 1.97 bits per heavy atom. The lowest BCUT2D eigenvalue weighted by Crippen LogP contribution is -2.41. The number of Topliss-reactive ketones (excluding diaryl/α,β-unsaturated/α-hetero) is 1. The minimum atomic E-state index is -1.08. The molecule has 162 valence electrons. The number of nitrogens with one attached hydrogen (secondary N) is 2. The van der Waals surface area contributed by atoms with Crippen molar-refractivity contribution in [2.45, 2.75) is 6.04 Å². The van der Waals surface area contributed by atoms with E-state index in [9.17, 15) is 4.79 Å². The zero-order valence-electron chi connectivity index (χ0n) is 17.3. The summed E-state index contributed by atoms with van der Waals surface area (Å²) in [5.74, 6) is -0.0837. The maximum Gasteiger partial charge on any atom is 0.210 e. The van der Waals surface area contributed by atoms with Crippen LogP contribution in [0.15, 0.2) is 83.3 Å². The second kappa shape index (κ2) is 10.9. The van der Waals surface area contributed by atoms with E-state index < -0.39 is 11.8 Å². The van der Waals surface area contributed by atoms with Gasteiger partial charge in [0, 0.05) is 23.5 Å². The Bertz CT molecular complexity index is 1150. The van der Waals surface area contributed by atoms with E-state index in [0.29, 0.717) is 22.7 Å². The first-order valence-corrected chi connectivity index (χ1v) is 9.97. The Balaban J connectivity index is 1.97. The number of carbonyl (C=O) groups is 1. The molecule has 4 N–H and O–H groups in total. The molecule has 1 aromatic carbocycles. The molecule has 0 aliphatic carbocycles. The van der Waals surface area contributed by atoms with Crippen LogP contribution in [0.3, 0.4) is 0 Å². The topological polar surface area (TPSA) is 126 Å². The average Bonchev–Trinajstić information content (AvgIpc) is 2.84. The smallest absolute Gasteiger partial charge is 0.210 e. The van der Waals surface area contributed by atoms with Gasteiger partial charge in [-0.1, -0.05) is 36.4 Å². The van der Waals surface area contributed by atoms with Gasteiger partial charge in [0.25, 0.3) is 0 Å². The summed E-state index contributed by atoms with van der Waals surface area (Å²) < 4.78 is 9.07. The third kappa shape index (κ3) is 5.58. The fraction of sp³-hybridized carbons (Fsp3) is 0.0870. The molecule has 0 fully saturated rings. The summed E-state index contributed by atoms with van der Waals surface area (Å²) in [5, 5.41) is 11.6. The number of benzene rings is 1. The van der Waals surface area contributed by atoms with Crippen molar-refractivity contribution in [2.75, 3.05) is 12.4 Å². The number of ether oxygens (including phenoxy) is 1. The van der Waals surface area contributed by atoms with Crippen LogP contribution in [0.2, 0.25) is 0 Å². The number of carbonyl (C=O) groups excluding carboxylic acids is 1. The van der Waals surface area contributed by atoms with Crippen LogP contribution < -0.4 is 15.8 Å². The monoisotopic (exact) mass is 446 g/mol. The average molecular weight is 447 g/mol. The number of hydrogen-bond donors (Lipinski definition) is 4.